The number of aryl methyl sites for hydroxylation is 1. The standard InChI is InChI=1S/C27H29N2.C2H4O2/c1-4-28(5-2)20-22-15-17-23(18-16-22)27-19-21(3)25-13-9-10-14-26(25)29(27)24-11-7-6-8-12-24;1-2(3)4/h6-19H,4-5,20H2,1-3H3;1H3,(H,3,4)/q+1;/p-1. The highest BCUT2D eigenvalue weighted by Crippen LogP contribution is 2.25. The summed E-state index contributed by atoms with van der Waals surface area (Å²) in [4.78, 5) is 11.3. The number of hydrogen-bond acceptors (Lipinski definition) is 3. The smallest absolute Gasteiger partial charge is 0.219 e. The van der Waals surface area contributed by atoms with E-state index < -0.39 is 5.97 Å². The Labute approximate surface area is 196 Å². The van der Waals surface area contributed by atoms with Crippen LogP contribution >= 0.6 is 0 Å². The van der Waals surface area contributed by atoms with Gasteiger partial charge in [0, 0.05) is 47.7 Å². The van der Waals surface area contributed by atoms with Crippen LogP contribution in [0.5, 0.6) is 0 Å². The van der Waals surface area contributed by atoms with Crippen molar-refractivity contribution in [1.29, 1.82) is 0 Å². The fourth-order valence-corrected chi connectivity index (χ4v) is 4.03. The molecule has 0 atom stereocenters. The van der Waals surface area contributed by atoms with Crippen molar-refractivity contribution in [2.24, 2.45) is 0 Å². The van der Waals surface area contributed by atoms with E-state index in [1.54, 1.807) is 0 Å². The SMILES string of the molecule is CC(=O)[O-].CCN(CC)Cc1ccc(-c2cc(C)c3ccccc3[n+]2-c2ccccc2)cc1. The van der Waals surface area contributed by atoms with Crippen molar-refractivity contribution >= 4 is 16.9 Å². The first kappa shape index (κ1) is 24.1. The normalized spacial score (nSPS) is 10.7. The van der Waals surface area contributed by atoms with Gasteiger partial charge < -0.3 is 9.90 Å². The van der Waals surface area contributed by atoms with Crippen LogP contribution in [0.15, 0.2) is 84.9 Å². The number of benzene rings is 3. The highest BCUT2D eigenvalue weighted by molar-refractivity contribution is 5.82. The molecule has 0 fully saturated rings. The largest absolute Gasteiger partial charge is 0.550 e. The minimum atomic E-state index is -1.08. The third-order valence-electron chi connectivity index (χ3n) is 5.73. The van der Waals surface area contributed by atoms with Crippen molar-refractivity contribution in [2.45, 2.75) is 34.2 Å². The fraction of sp³-hybridized carbons (Fsp3) is 0.241. The van der Waals surface area contributed by atoms with E-state index in [9.17, 15) is 0 Å². The summed E-state index contributed by atoms with van der Waals surface area (Å²) in [6, 6.07) is 30.7. The molecule has 0 radical (unpaired) electrons. The van der Waals surface area contributed by atoms with E-state index >= 15 is 0 Å². The molecule has 33 heavy (non-hydrogen) atoms. The number of carboxylic acid groups (broad SMARTS) is 1. The van der Waals surface area contributed by atoms with E-state index in [2.05, 4.69) is 115 Å². The average Bonchev–Trinajstić information content (AvgIpc) is 2.83. The van der Waals surface area contributed by atoms with Crippen LogP contribution in [-0.4, -0.2) is 24.0 Å². The molecule has 3 aromatic carbocycles. The third-order valence-corrected chi connectivity index (χ3v) is 5.73. The Hall–Kier alpha value is -3.50. The van der Waals surface area contributed by atoms with Gasteiger partial charge in [-0.05, 0) is 56.3 Å². The van der Waals surface area contributed by atoms with Gasteiger partial charge in [-0.15, -0.1) is 0 Å². The Morgan fingerprint density at radius 2 is 1.45 bits per heavy atom. The summed E-state index contributed by atoms with van der Waals surface area (Å²) >= 11 is 0. The molecule has 0 N–H and O–H groups in total. The second-order valence-electron chi connectivity index (χ2n) is 8.05. The molecule has 0 saturated heterocycles. The first-order valence-electron chi connectivity index (χ1n) is 11.4. The van der Waals surface area contributed by atoms with E-state index in [1.807, 2.05) is 0 Å². The molecule has 4 rings (SSSR count). The molecule has 0 saturated carbocycles. The molecule has 0 unspecified atom stereocenters. The minimum Gasteiger partial charge on any atom is -0.550 e. The van der Waals surface area contributed by atoms with Gasteiger partial charge in [-0.1, -0.05) is 56.3 Å². The van der Waals surface area contributed by atoms with Crippen molar-refractivity contribution in [3.8, 4) is 16.9 Å². The first-order chi connectivity index (χ1) is 15.9. The Kier molecular flexibility index (Phi) is 8.34. The fourth-order valence-electron chi connectivity index (χ4n) is 4.03. The van der Waals surface area contributed by atoms with Gasteiger partial charge in [-0.3, -0.25) is 4.90 Å². The molecule has 1 heterocycles. The molecular formula is C29H32N2O2. The monoisotopic (exact) mass is 440 g/mol. The van der Waals surface area contributed by atoms with E-state index in [0.29, 0.717) is 0 Å². The Balaban J connectivity index is 0.000000709. The van der Waals surface area contributed by atoms with Gasteiger partial charge in [0.2, 0.25) is 16.9 Å². The Morgan fingerprint density at radius 1 is 0.879 bits per heavy atom. The number of fused-ring (bicyclic) bond motifs is 1. The summed E-state index contributed by atoms with van der Waals surface area (Å²) in [5.41, 5.74) is 7.55. The van der Waals surface area contributed by atoms with Crippen LogP contribution in [0.25, 0.3) is 27.8 Å². The maximum Gasteiger partial charge on any atom is 0.219 e. The van der Waals surface area contributed by atoms with Gasteiger partial charge in [-0.25, -0.2) is 0 Å². The summed E-state index contributed by atoms with van der Waals surface area (Å²) in [7, 11) is 0. The topological polar surface area (TPSA) is 47.2 Å². The third kappa shape index (κ3) is 6.05. The maximum absolute atomic E-state index is 8.89. The zero-order valence-corrected chi connectivity index (χ0v) is 19.9. The molecule has 0 aliphatic rings. The number of para-hydroxylation sites is 2. The lowest BCUT2D eigenvalue weighted by Gasteiger charge is -2.18. The number of nitrogens with zero attached hydrogens (tertiary/aromatic N) is 2. The van der Waals surface area contributed by atoms with E-state index in [-0.39, 0.29) is 0 Å². The second-order valence-corrected chi connectivity index (χ2v) is 8.05. The molecule has 4 aromatic rings. The van der Waals surface area contributed by atoms with E-state index in [4.69, 9.17) is 9.90 Å². The summed E-state index contributed by atoms with van der Waals surface area (Å²) in [5.74, 6) is -1.08. The van der Waals surface area contributed by atoms with Gasteiger partial charge in [0.15, 0.2) is 0 Å². The molecule has 0 spiro atoms. The summed E-state index contributed by atoms with van der Waals surface area (Å²) < 4.78 is 2.38. The number of carboxylic acids is 1. The van der Waals surface area contributed by atoms with E-state index in [0.717, 1.165) is 26.6 Å². The van der Waals surface area contributed by atoms with Crippen LogP contribution in [0.1, 0.15) is 31.9 Å². The lowest BCUT2D eigenvalue weighted by molar-refractivity contribution is -0.555. The molecule has 1 aromatic heterocycles. The Morgan fingerprint density at radius 3 is 2.06 bits per heavy atom. The van der Waals surface area contributed by atoms with Crippen LogP contribution in [-0.2, 0) is 11.3 Å². The zero-order chi connectivity index (χ0) is 23.8. The molecule has 0 aliphatic carbocycles. The molecule has 4 heteroatoms. The summed E-state index contributed by atoms with van der Waals surface area (Å²) in [6.45, 7) is 10.8. The second kappa shape index (κ2) is 11.4. The van der Waals surface area contributed by atoms with Crippen molar-refractivity contribution < 1.29 is 14.5 Å². The van der Waals surface area contributed by atoms with Crippen molar-refractivity contribution in [2.75, 3.05) is 13.1 Å². The number of pyridine rings is 1. The Bertz CT molecular complexity index is 1190. The predicted molar refractivity (Wildman–Crippen MR) is 133 cm³/mol. The molecular weight excluding hydrogens is 408 g/mol. The van der Waals surface area contributed by atoms with Gasteiger partial charge in [0.05, 0.1) is 0 Å². The van der Waals surface area contributed by atoms with Gasteiger partial charge in [-0.2, -0.15) is 4.57 Å². The van der Waals surface area contributed by atoms with Crippen molar-refractivity contribution in [3.05, 3.63) is 96.1 Å². The lowest BCUT2D eigenvalue weighted by Crippen LogP contribution is -2.34. The number of aliphatic carboxylic acids is 1. The van der Waals surface area contributed by atoms with E-state index in [1.165, 1.54) is 39.0 Å². The zero-order valence-electron chi connectivity index (χ0n) is 19.9. The number of carbonyl (C=O) groups excluding carboxylic acids is 1. The minimum absolute atomic E-state index is 0.972. The quantitative estimate of drug-likeness (QED) is 0.409. The molecule has 0 amide bonds. The van der Waals surface area contributed by atoms with Crippen LogP contribution in [0.2, 0.25) is 0 Å². The number of rotatable bonds is 6. The van der Waals surface area contributed by atoms with Crippen molar-refractivity contribution in [3.63, 3.8) is 0 Å². The summed E-state index contributed by atoms with van der Waals surface area (Å²) in [5, 5.41) is 10.2. The molecule has 0 bridgehead atoms. The predicted octanol–water partition coefficient (Wildman–Crippen LogP) is 4.69. The number of hydrogen-bond donors (Lipinski definition) is 0. The van der Waals surface area contributed by atoms with Crippen LogP contribution in [0.4, 0.5) is 0 Å². The molecule has 4 nitrogen and oxygen atoms in total. The van der Waals surface area contributed by atoms with Gasteiger partial charge in [0.1, 0.15) is 0 Å². The van der Waals surface area contributed by atoms with Crippen LogP contribution < -0.4 is 9.67 Å². The number of aromatic nitrogens is 1. The molecule has 0 aliphatic heterocycles. The summed E-state index contributed by atoms with van der Waals surface area (Å²) in [6.07, 6.45) is 0. The lowest BCUT2D eigenvalue weighted by atomic mass is 10.0. The van der Waals surface area contributed by atoms with Gasteiger partial charge >= 0.3 is 0 Å². The highest BCUT2D eigenvalue weighted by atomic mass is 16.4. The van der Waals surface area contributed by atoms with Gasteiger partial charge in [0.25, 0.3) is 0 Å². The average molecular weight is 441 g/mol. The molecule has 170 valence electrons. The van der Waals surface area contributed by atoms with Crippen LogP contribution in [0.3, 0.4) is 0 Å². The maximum atomic E-state index is 8.89. The van der Waals surface area contributed by atoms with Crippen LogP contribution in [0, 0.1) is 6.92 Å². The number of carbonyl (C=O) groups is 1. The first-order valence-corrected chi connectivity index (χ1v) is 11.4. The highest BCUT2D eigenvalue weighted by Gasteiger charge is 2.21. The van der Waals surface area contributed by atoms with Crippen molar-refractivity contribution in [1.82, 2.24) is 4.90 Å².